The topological polar surface area (TPSA) is 63.3 Å². The normalized spacial score (nSPS) is 10.5. The first kappa shape index (κ1) is 13.1. The second-order valence-corrected chi connectivity index (χ2v) is 4.73. The highest BCUT2D eigenvalue weighted by atomic mass is 16.4. The van der Waals surface area contributed by atoms with Gasteiger partial charge in [0, 0.05) is 11.1 Å². The van der Waals surface area contributed by atoms with Gasteiger partial charge in [0.15, 0.2) is 5.76 Å². The number of carbonyl (C=O) groups is 1. The van der Waals surface area contributed by atoms with Crippen LogP contribution >= 0.6 is 0 Å². The molecule has 0 bridgehead atoms. The van der Waals surface area contributed by atoms with Gasteiger partial charge in [-0.3, -0.25) is 0 Å². The lowest BCUT2D eigenvalue weighted by Crippen LogP contribution is -1.99. The molecule has 3 rings (SSSR count). The van der Waals surface area contributed by atoms with Crippen LogP contribution in [0.15, 0.2) is 59.1 Å². The van der Waals surface area contributed by atoms with Gasteiger partial charge in [0.1, 0.15) is 0 Å². The molecule has 0 saturated carbocycles. The second kappa shape index (κ2) is 5.25. The number of carboxylic acid groups (broad SMARTS) is 1. The van der Waals surface area contributed by atoms with E-state index in [4.69, 9.17) is 9.52 Å². The van der Waals surface area contributed by atoms with Crippen LogP contribution in [0.5, 0.6) is 0 Å². The number of aromatic carboxylic acids is 1. The zero-order valence-electron chi connectivity index (χ0n) is 11.4. The molecule has 4 nitrogen and oxygen atoms in total. The second-order valence-electron chi connectivity index (χ2n) is 4.73. The Bertz CT molecular complexity index is 791. The summed E-state index contributed by atoms with van der Waals surface area (Å²) in [6.07, 6.45) is 1.67. The molecule has 1 heterocycles. The maximum atomic E-state index is 11.0. The fraction of sp³-hybridized carbons (Fsp3) is 0.0588. The maximum absolute atomic E-state index is 11.0. The number of oxazole rings is 1. The van der Waals surface area contributed by atoms with Crippen LogP contribution in [0.1, 0.15) is 15.9 Å². The van der Waals surface area contributed by atoms with Gasteiger partial charge in [-0.15, -0.1) is 0 Å². The summed E-state index contributed by atoms with van der Waals surface area (Å²) < 4.78 is 5.75. The quantitative estimate of drug-likeness (QED) is 0.786. The van der Waals surface area contributed by atoms with Gasteiger partial charge in [0.25, 0.3) is 0 Å². The van der Waals surface area contributed by atoms with Gasteiger partial charge in [0.2, 0.25) is 5.89 Å². The lowest BCUT2D eigenvalue weighted by atomic mass is 10.1. The van der Waals surface area contributed by atoms with Crippen LogP contribution < -0.4 is 0 Å². The van der Waals surface area contributed by atoms with E-state index in [2.05, 4.69) is 4.98 Å². The molecule has 0 aliphatic carbocycles. The molecule has 0 saturated heterocycles. The monoisotopic (exact) mass is 279 g/mol. The van der Waals surface area contributed by atoms with E-state index < -0.39 is 5.97 Å². The lowest BCUT2D eigenvalue weighted by molar-refractivity contribution is 0.0696. The zero-order valence-corrected chi connectivity index (χ0v) is 11.4. The smallest absolute Gasteiger partial charge is 0.335 e. The van der Waals surface area contributed by atoms with E-state index in [-0.39, 0.29) is 5.56 Å². The number of carboxylic acids is 1. The molecule has 104 valence electrons. The molecule has 0 fully saturated rings. The van der Waals surface area contributed by atoms with Crippen molar-refractivity contribution in [1.29, 1.82) is 0 Å². The van der Waals surface area contributed by atoms with Crippen LogP contribution in [0.3, 0.4) is 0 Å². The Morgan fingerprint density at radius 1 is 1.10 bits per heavy atom. The molecule has 0 atom stereocenters. The first-order valence-electron chi connectivity index (χ1n) is 6.51. The molecule has 4 heteroatoms. The van der Waals surface area contributed by atoms with Gasteiger partial charge in [0.05, 0.1) is 11.8 Å². The van der Waals surface area contributed by atoms with Crippen molar-refractivity contribution in [3.63, 3.8) is 0 Å². The SMILES string of the molecule is Cc1cc(-c2ncc(-c3ccccc3)o2)ccc1C(=O)O. The van der Waals surface area contributed by atoms with E-state index in [0.29, 0.717) is 17.2 Å². The van der Waals surface area contributed by atoms with Crippen molar-refractivity contribution in [3.8, 4) is 22.8 Å². The molecule has 3 aromatic rings. The molecule has 0 amide bonds. The minimum Gasteiger partial charge on any atom is -0.478 e. The van der Waals surface area contributed by atoms with Crippen LogP contribution in [-0.4, -0.2) is 16.1 Å². The number of benzene rings is 2. The van der Waals surface area contributed by atoms with Crippen LogP contribution in [0.4, 0.5) is 0 Å². The molecule has 0 radical (unpaired) electrons. The summed E-state index contributed by atoms with van der Waals surface area (Å²) >= 11 is 0. The number of rotatable bonds is 3. The number of aromatic nitrogens is 1. The number of nitrogens with zero attached hydrogens (tertiary/aromatic N) is 1. The summed E-state index contributed by atoms with van der Waals surface area (Å²) in [5, 5.41) is 9.04. The third kappa shape index (κ3) is 2.56. The largest absolute Gasteiger partial charge is 0.478 e. The Hall–Kier alpha value is -2.88. The van der Waals surface area contributed by atoms with Crippen molar-refractivity contribution in [2.24, 2.45) is 0 Å². The Balaban J connectivity index is 1.97. The molecule has 1 aromatic heterocycles. The van der Waals surface area contributed by atoms with Gasteiger partial charge in [-0.25, -0.2) is 9.78 Å². The van der Waals surface area contributed by atoms with Crippen molar-refractivity contribution in [2.75, 3.05) is 0 Å². The third-order valence-electron chi connectivity index (χ3n) is 3.27. The van der Waals surface area contributed by atoms with E-state index in [0.717, 1.165) is 11.1 Å². The van der Waals surface area contributed by atoms with Crippen LogP contribution in [0, 0.1) is 6.92 Å². The highest BCUT2D eigenvalue weighted by molar-refractivity contribution is 5.90. The predicted octanol–water partition coefficient (Wildman–Crippen LogP) is 4.02. The molecule has 0 spiro atoms. The van der Waals surface area contributed by atoms with Crippen LogP contribution in [0.2, 0.25) is 0 Å². The molecular formula is C17H13NO3. The molecule has 1 N–H and O–H groups in total. The minimum atomic E-state index is -0.934. The van der Waals surface area contributed by atoms with E-state index in [9.17, 15) is 4.79 Å². The minimum absolute atomic E-state index is 0.286. The maximum Gasteiger partial charge on any atom is 0.335 e. The van der Waals surface area contributed by atoms with Gasteiger partial charge in [-0.05, 0) is 30.7 Å². The van der Waals surface area contributed by atoms with Crippen LogP contribution in [-0.2, 0) is 0 Å². The first-order chi connectivity index (χ1) is 10.1. The summed E-state index contributed by atoms with van der Waals surface area (Å²) in [6.45, 7) is 1.76. The molecule has 0 aliphatic rings. The van der Waals surface area contributed by atoms with Gasteiger partial charge in [-0.1, -0.05) is 30.3 Å². The third-order valence-corrected chi connectivity index (χ3v) is 3.27. The predicted molar refractivity (Wildman–Crippen MR) is 79.1 cm³/mol. The zero-order chi connectivity index (χ0) is 14.8. The van der Waals surface area contributed by atoms with Crippen molar-refractivity contribution >= 4 is 5.97 Å². The van der Waals surface area contributed by atoms with Crippen molar-refractivity contribution in [1.82, 2.24) is 4.98 Å². The van der Waals surface area contributed by atoms with Gasteiger partial charge >= 0.3 is 5.97 Å². The van der Waals surface area contributed by atoms with E-state index in [1.54, 1.807) is 31.3 Å². The standard InChI is InChI=1S/C17H13NO3/c1-11-9-13(7-8-14(11)17(19)20)16-18-10-15(21-16)12-5-3-2-4-6-12/h2-10H,1H3,(H,19,20). The Morgan fingerprint density at radius 2 is 1.86 bits per heavy atom. The fourth-order valence-corrected chi connectivity index (χ4v) is 2.18. The summed E-state index contributed by atoms with van der Waals surface area (Å²) in [5.74, 6) is 0.232. The summed E-state index contributed by atoms with van der Waals surface area (Å²) in [7, 11) is 0. The molecule has 21 heavy (non-hydrogen) atoms. The van der Waals surface area contributed by atoms with Crippen molar-refractivity contribution in [3.05, 3.63) is 65.9 Å². The Kier molecular flexibility index (Phi) is 3.28. The van der Waals surface area contributed by atoms with Crippen molar-refractivity contribution in [2.45, 2.75) is 6.92 Å². The van der Waals surface area contributed by atoms with E-state index in [1.165, 1.54) is 0 Å². The highest BCUT2D eigenvalue weighted by Gasteiger charge is 2.12. The summed E-state index contributed by atoms with van der Waals surface area (Å²) in [6, 6.07) is 14.7. The first-order valence-corrected chi connectivity index (χ1v) is 6.51. The Morgan fingerprint density at radius 3 is 2.52 bits per heavy atom. The number of hydrogen-bond acceptors (Lipinski definition) is 3. The highest BCUT2D eigenvalue weighted by Crippen LogP contribution is 2.27. The molecule has 2 aromatic carbocycles. The fourth-order valence-electron chi connectivity index (χ4n) is 2.18. The lowest BCUT2D eigenvalue weighted by Gasteiger charge is -2.02. The Labute approximate surface area is 121 Å². The van der Waals surface area contributed by atoms with Gasteiger partial charge in [-0.2, -0.15) is 0 Å². The summed E-state index contributed by atoms with van der Waals surface area (Å²) in [4.78, 5) is 15.3. The van der Waals surface area contributed by atoms with Crippen LogP contribution in [0.25, 0.3) is 22.8 Å². The number of hydrogen-bond donors (Lipinski definition) is 1. The van der Waals surface area contributed by atoms with E-state index in [1.807, 2.05) is 30.3 Å². The van der Waals surface area contributed by atoms with Crippen molar-refractivity contribution < 1.29 is 14.3 Å². The number of aryl methyl sites for hydroxylation is 1. The average molecular weight is 279 g/mol. The average Bonchev–Trinajstić information content (AvgIpc) is 2.97. The van der Waals surface area contributed by atoms with E-state index >= 15 is 0 Å². The molecular weight excluding hydrogens is 266 g/mol. The summed E-state index contributed by atoms with van der Waals surface area (Å²) in [5.41, 5.74) is 2.68. The molecule has 0 aliphatic heterocycles. The van der Waals surface area contributed by atoms with Gasteiger partial charge < -0.3 is 9.52 Å². The molecule has 0 unspecified atom stereocenters.